The Balaban J connectivity index is 2.47. The number of thiocarbonyl (C=S) groups is 1. The van der Waals surface area contributed by atoms with E-state index in [1.807, 2.05) is 13.8 Å². The molecule has 0 saturated carbocycles. The molecule has 0 fully saturated rings. The monoisotopic (exact) mass is 300 g/mol. The lowest BCUT2D eigenvalue weighted by atomic mass is 10.0. The summed E-state index contributed by atoms with van der Waals surface area (Å²) in [5.74, 6) is 0.453. The molecule has 0 aliphatic carbocycles. The van der Waals surface area contributed by atoms with Gasteiger partial charge in [0.15, 0.2) is 6.61 Å². The van der Waals surface area contributed by atoms with Crippen LogP contribution in [0.15, 0.2) is 24.3 Å². The second-order valence-electron chi connectivity index (χ2n) is 4.43. The Hall–Kier alpha value is -1.33. The van der Waals surface area contributed by atoms with E-state index < -0.39 is 0 Å². The molecule has 0 radical (unpaired) electrons. The van der Waals surface area contributed by atoms with Crippen molar-refractivity contribution in [2.45, 2.75) is 19.9 Å². The summed E-state index contributed by atoms with van der Waals surface area (Å²) in [5.41, 5.74) is 5.57. The van der Waals surface area contributed by atoms with Gasteiger partial charge in [0.1, 0.15) is 5.75 Å². The average Bonchev–Trinajstić information content (AvgIpc) is 2.34. The molecule has 104 valence electrons. The van der Waals surface area contributed by atoms with Crippen LogP contribution in [-0.4, -0.2) is 23.5 Å². The first-order chi connectivity index (χ1) is 8.90. The lowest BCUT2D eigenvalue weighted by Gasteiger charge is -2.21. The quantitative estimate of drug-likeness (QED) is 0.790. The number of hydrogen-bond acceptors (Lipinski definition) is 3. The van der Waals surface area contributed by atoms with Crippen LogP contribution in [0, 0.1) is 5.92 Å². The molecule has 3 N–H and O–H groups in total. The second-order valence-corrected chi connectivity index (χ2v) is 5.34. The van der Waals surface area contributed by atoms with Gasteiger partial charge in [-0.1, -0.05) is 37.7 Å². The van der Waals surface area contributed by atoms with Crippen LogP contribution in [0.3, 0.4) is 0 Å². The summed E-state index contributed by atoms with van der Waals surface area (Å²) in [5, 5.41) is 3.36. The molecule has 0 spiro atoms. The van der Waals surface area contributed by atoms with Crippen LogP contribution in [0.1, 0.15) is 13.8 Å². The van der Waals surface area contributed by atoms with Crippen LogP contribution in [0.4, 0.5) is 0 Å². The molecule has 0 aliphatic rings. The SMILES string of the molecule is CC(C)C(NC(=O)COc1ccc(Cl)cc1)C(N)=S. The number of rotatable bonds is 6. The summed E-state index contributed by atoms with van der Waals surface area (Å²) in [6.45, 7) is 3.78. The molecular weight excluding hydrogens is 284 g/mol. The summed E-state index contributed by atoms with van der Waals surface area (Å²) in [4.78, 5) is 12.0. The zero-order valence-electron chi connectivity index (χ0n) is 10.9. The maximum absolute atomic E-state index is 11.7. The highest BCUT2D eigenvalue weighted by Crippen LogP contribution is 2.15. The van der Waals surface area contributed by atoms with Crippen molar-refractivity contribution >= 4 is 34.7 Å². The number of nitrogens with two attached hydrogens (primary N) is 1. The zero-order valence-corrected chi connectivity index (χ0v) is 12.4. The van der Waals surface area contributed by atoms with Gasteiger partial charge in [-0.2, -0.15) is 0 Å². The van der Waals surface area contributed by atoms with Gasteiger partial charge in [0.2, 0.25) is 0 Å². The molecule has 0 heterocycles. The lowest BCUT2D eigenvalue weighted by molar-refractivity contribution is -0.123. The highest BCUT2D eigenvalue weighted by atomic mass is 35.5. The molecule has 1 aromatic carbocycles. The van der Waals surface area contributed by atoms with Gasteiger partial charge in [0, 0.05) is 5.02 Å². The minimum Gasteiger partial charge on any atom is -0.484 e. The summed E-state index contributed by atoms with van der Waals surface area (Å²) in [6.07, 6.45) is 0. The predicted molar refractivity (Wildman–Crippen MR) is 80.5 cm³/mol. The van der Waals surface area contributed by atoms with E-state index in [2.05, 4.69) is 5.32 Å². The first-order valence-corrected chi connectivity index (χ1v) is 6.66. The molecular formula is C13H17ClN2O2S. The minimum absolute atomic E-state index is 0.0898. The number of hydrogen-bond donors (Lipinski definition) is 2. The van der Waals surface area contributed by atoms with Crippen molar-refractivity contribution in [1.29, 1.82) is 0 Å². The molecule has 0 aliphatic heterocycles. The first-order valence-electron chi connectivity index (χ1n) is 5.87. The van der Waals surface area contributed by atoms with Gasteiger partial charge < -0.3 is 15.8 Å². The number of carbonyl (C=O) groups excluding carboxylic acids is 1. The molecule has 1 rings (SSSR count). The Kier molecular flexibility index (Phi) is 6.05. The molecule has 1 amide bonds. The second kappa shape index (κ2) is 7.31. The number of benzene rings is 1. The number of nitrogens with one attached hydrogen (secondary N) is 1. The minimum atomic E-state index is -0.323. The molecule has 0 saturated heterocycles. The van der Waals surface area contributed by atoms with E-state index in [1.54, 1.807) is 24.3 Å². The Morgan fingerprint density at radius 2 is 2.00 bits per heavy atom. The molecule has 19 heavy (non-hydrogen) atoms. The van der Waals surface area contributed by atoms with Gasteiger partial charge in [-0.25, -0.2) is 0 Å². The predicted octanol–water partition coefficient (Wildman–Crippen LogP) is 2.15. The van der Waals surface area contributed by atoms with Gasteiger partial charge in [-0.3, -0.25) is 4.79 Å². The molecule has 1 unspecified atom stereocenters. The van der Waals surface area contributed by atoms with Crippen molar-refractivity contribution in [1.82, 2.24) is 5.32 Å². The highest BCUT2D eigenvalue weighted by molar-refractivity contribution is 7.80. The average molecular weight is 301 g/mol. The van der Waals surface area contributed by atoms with Gasteiger partial charge >= 0.3 is 0 Å². The summed E-state index contributed by atoms with van der Waals surface area (Å²) < 4.78 is 5.33. The number of halogens is 1. The lowest BCUT2D eigenvalue weighted by Crippen LogP contribution is -2.48. The van der Waals surface area contributed by atoms with E-state index in [4.69, 9.17) is 34.3 Å². The summed E-state index contributed by atoms with van der Waals surface area (Å²) >= 11 is 10.7. The normalized spacial score (nSPS) is 12.0. The van der Waals surface area contributed by atoms with Crippen molar-refractivity contribution in [3.05, 3.63) is 29.3 Å². The number of carbonyl (C=O) groups is 1. The van der Waals surface area contributed by atoms with Gasteiger partial charge in [0.05, 0.1) is 11.0 Å². The van der Waals surface area contributed by atoms with Gasteiger partial charge in [0.25, 0.3) is 5.91 Å². The summed E-state index contributed by atoms with van der Waals surface area (Å²) in [7, 11) is 0. The van der Waals surface area contributed by atoms with Crippen molar-refractivity contribution < 1.29 is 9.53 Å². The van der Waals surface area contributed by atoms with E-state index in [1.165, 1.54) is 0 Å². The van der Waals surface area contributed by atoms with Crippen LogP contribution in [0.5, 0.6) is 5.75 Å². The topological polar surface area (TPSA) is 64.3 Å². The summed E-state index contributed by atoms with van der Waals surface area (Å²) in [6, 6.07) is 6.46. The number of amides is 1. The zero-order chi connectivity index (χ0) is 14.4. The van der Waals surface area contributed by atoms with Crippen LogP contribution in [0.2, 0.25) is 5.02 Å². The van der Waals surface area contributed by atoms with Gasteiger partial charge in [-0.05, 0) is 30.2 Å². The van der Waals surface area contributed by atoms with E-state index in [0.29, 0.717) is 10.8 Å². The van der Waals surface area contributed by atoms with Crippen LogP contribution < -0.4 is 15.8 Å². The van der Waals surface area contributed by atoms with E-state index in [0.717, 1.165) is 0 Å². The fourth-order valence-corrected chi connectivity index (χ4v) is 1.92. The highest BCUT2D eigenvalue weighted by Gasteiger charge is 2.18. The third kappa shape index (κ3) is 5.44. The Labute approximate surface area is 123 Å². The molecule has 1 atom stereocenters. The third-order valence-corrected chi connectivity index (χ3v) is 2.98. The van der Waals surface area contributed by atoms with E-state index in [9.17, 15) is 4.79 Å². The van der Waals surface area contributed by atoms with Crippen molar-refractivity contribution in [3.63, 3.8) is 0 Å². The Bertz CT molecular complexity index is 448. The van der Waals surface area contributed by atoms with Crippen LogP contribution in [0.25, 0.3) is 0 Å². The Morgan fingerprint density at radius 3 is 2.47 bits per heavy atom. The molecule has 0 aromatic heterocycles. The van der Waals surface area contributed by atoms with Gasteiger partial charge in [-0.15, -0.1) is 0 Å². The fourth-order valence-electron chi connectivity index (χ4n) is 1.46. The smallest absolute Gasteiger partial charge is 0.258 e. The van der Waals surface area contributed by atoms with Crippen molar-refractivity contribution in [3.8, 4) is 5.75 Å². The third-order valence-electron chi connectivity index (χ3n) is 2.47. The van der Waals surface area contributed by atoms with Crippen LogP contribution >= 0.6 is 23.8 Å². The maximum atomic E-state index is 11.7. The Morgan fingerprint density at radius 1 is 1.42 bits per heavy atom. The largest absolute Gasteiger partial charge is 0.484 e. The van der Waals surface area contributed by atoms with E-state index >= 15 is 0 Å². The van der Waals surface area contributed by atoms with E-state index in [-0.39, 0.29) is 29.5 Å². The van der Waals surface area contributed by atoms with Crippen LogP contribution in [-0.2, 0) is 4.79 Å². The maximum Gasteiger partial charge on any atom is 0.258 e. The van der Waals surface area contributed by atoms with Crippen molar-refractivity contribution in [2.24, 2.45) is 11.7 Å². The first kappa shape index (κ1) is 15.7. The molecule has 6 heteroatoms. The molecule has 0 bridgehead atoms. The molecule has 1 aromatic rings. The standard InChI is InChI=1S/C13H17ClN2O2S/c1-8(2)12(13(15)19)16-11(17)7-18-10-5-3-9(14)4-6-10/h3-6,8,12H,7H2,1-2H3,(H2,15,19)(H,16,17). The van der Waals surface area contributed by atoms with Crippen molar-refractivity contribution in [2.75, 3.05) is 6.61 Å². The molecule has 4 nitrogen and oxygen atoms in total. The fraction of sp³-hybridized carbons (Fsp3) is 0.385. The number of ether oxygens (including phenoxy) is 1.